The van der Waals surface area contributed by atoms with E-state index in [1.54, 1.807) is 19.1 Å². The van der Waals surface area contributed by atoms with E-state index in [2.05, 4.69) is 24.3 Å². The summed E-state index contributed by atoms with van der Waals surface area (Å²) in [5.74, 6) is 0.248. The first-order chi connectivity index (χ1) is 25.2. The minimum absolute atomic E-state index is 0.0649. The Hall–Kier alpha value is -5.45. The van der Waals surface area contributed by atoms with Crippen LogP contribution in [-0.4, -0.2) is 59.9 Å². The first-order valence-corrected chi connectivity index (χ1v) is 17.7. The van der Waals surface area contributed by atoms with Crippen molar-refractivity contribution in [3.63, 3.8) is 0 Å². The van der Waals surface area contributed by atoms with Gasteiger partial charge in [0.1, 0.15) is 30.3 Å². The zero-order valence-corrected chi connectivity index (χ0v) is 30.1. The number of rotatable bonds is 14. The van der Waals surface area contributed by atoms with E-state index < -0.39 is 11.5 Å². The third kappa shape index (κ3) is 7.73. The standard InChI is InChI=1S/C42H45N3O7/c1-5-43-40(46)38-37(31-16-18-32(19-17-31)42(4,41(47)48)45-20-22-49-23-21-45)39(52-44-38)34-24-33(28(2)3)35(50-26-29-12-8-6-9-13-29)25-36(34)51-27-30-14-10-7-11-15-30/h6-19,24-25,28H,5,20-23,26-27H2,1-4H3,(H,43,46)(H,47,48). The van der Waals surface area contributed by atoms with E-state index in [1.807, 2.05) is 96.8 Å². The van der Waals surface area contributed by atoms with E-state index in [0.29, 0.717) is 79.0 Å². The summed E-state index contributed by atoms with van der Waals surface area (Å²) in [6, 6.07) is 30.9. The zero-order valence-electron chi connectivity index (χ0n) is 30.1. The van der Waals surface area contributed by atoms with Crippen molar-refractivity contribution in [2.75, 3.05) is 32.8 Å². The van der Waals surface area contributed by atoms with E-state index in [4.69, 9.17) is 18.7 Å². The molecule has 52 heavy (non-hydrogen) atoms. The van der Waals surface area contributed by atoms with Crippen molar-refractivity contribution in [2.45, 2.75) is 52.4 Å². The molecule has 1 fully saturated rings. The summed E-state index contributed by atoms with van der Waals surface area (Å²) in [5.41, 5.74) is 4.11. The predicted molar refractivity (Wildman–Crippen MR) is 198 cm³/mol. The number of nitrogens with zero attached hydrogens (tertiary/aromatic N) is 2. The molecule has 1 aliphatic rings. The molecule has 0 aliphatic carbocycles. The monoisotopic (exact) mass is 703 g/mol. The first kappa shape index (κ1) is 36.3. The number of aliphatic carboxylic acids is 1. The number of carbonyl (C=O) groups excluding carboxylic acids is 1. The number of hydrogen-bond acceptors (Lipinski definition) is 8. The van der Waals surface area contributed by atoms with Crippen molar-refractivity contribution in [3.05, 3.63) is 125 Å². The molecule has 5 aromatic rings. The highest BCUT2D eigenvalue weighted by Gasteiger charge is 2.42. The van der Waals surface area contributed by atoms with Crippen LogP contribution in [0.4, 0.5) is 0 Å². The Balaban J connectivity index is 1.47. The van der Waals surface area contributed by atoms with Crippen LogP contribution in [0.3, 0.4) is 0 Å². The average molecular weight is 704 g/mol. The summed E-state index contributed by atoms with van der Waals surface area (Å²) in [7, 11) is 0. The SMILES string of the molecule is CCNC(=O)c1noc(-c2cc(C(C)C)c(OCc3ccccc3)cc2OCc2ccccc2)c1-c1ccc(C(C)(C(=O)O)N2CCOCC2)cc1. The van der Waals surface area contributed by atoms with Crippen LogP contribution in [0.2, 0.25) is 0 Å². The number of nitrogens with one attached hydrogen (secondary N) is 1. The van der Waals surface area contributed by atoms with Crippen molar-refractivity contribution in [1.82, 2.24) is 15.4 Å². The molecule has 0 saturated carbocycles. The van der Waals surface area contributed by atoms with Gasteiger partial charge in [0, 0.05) is 25.7 Å². The molecule has 0 bridgehead atoms. The van der Waals surface area contributed by atoms with E-state index >= 15 is 0 Å². The zero-order chi connectivity index (χ0) is 36.7. The third-order valence-electron chi connectivity index (χ3n) is 9.49. The first-order valence-electron chi connectivity index (χ1n) is 17.7. The van der Waals surface area contributed by atoms with Crippen LogP contribution >= 0.6 is 0 Å². The van der Waals surface area contributed by atoms with Gasteiger partial charge in [-0.1, -0.05) is 104 Å². The molecule has 4 aromatic carbocycles. The Bertz CT molecular complexity index is 1970. The highest BCUT2D eigenvalue weighted by molar-refractivity contribution is 6.02. The molecule has 0 spiro atoms. The van der Waals surface area contributed by atoms with E-state index in [-0.39, 0.29) is 24.1 Å². The molecule has 0 radical (unpaired) electrons. The average Bonchev–Trinajstić information content (AvgIpc) is 3.62. The molecule has 1 amide bonds. The lowest BCUT2D eigenvalue weighted by atomic mass is 9.87. The van der Waals surface area contributed by atoms with Gasteiger partial charge in [-0.05, 0) is 53.6 Å². The highest BCUT2D eigenvalue weighted by atomic mass is 16.5. The van der Waals surface area contributed by atoms with Gasteiger partial charge in [0.05, 0.1) is 24.3 Å². The van der Waals surface area contributed by atoms with Gasteiger partial charge in [-0.3, -0.25) is 9.69 Å². The van der Waals surface area contributed by atoms with Crippen LogP contribution in [0, 0.1) is 0 Å². The van der Waals surface area contributed by atoms with Crippen molar-refractivity contribution >= 4 is 11.9 Å². The second-order valence-electron chi connectivity index (χ2n) is 13.2. The molecule has 1 atom stereocenters. The number of carbonyl (C=O) groups is 2. The second kappa shape index (κ2) is 16.3. The Morgan fingerprint density at radius 3 is 2.04 bits per heavy atom. The fourth-order valence-corrected chi connectivity index (χ4v) is 6.48. The van der Waals surface area contributed by atoms with Gasteiger partial charge in [0.15, 0.2) is 11.5 Å². The third-order valence-corrected chi connectivity index (χ3v) is 9.49. The minimum atomic E-state index is -1.28. The summed E-state index contributed by atoms with van der Waals surface area (Å²) in [5, 5.41) is 17.6. The molecule has 1 saturated heterocycles. The molecular formula is C42H45N3O7. The number of benzene rings is 4. The Morgan fingerprint density at radius 1 is 0.885 bits per heavy atom. The van der Waals surface area contributed by atoms with E-state index in [9.17, 15) is 14.7 Å². The molecule has 10 heteroatoms. The topological polar surface area (TPSA) is 123 Å². The maximum Gasteiger partial charge on any atom is 0.328 e. The summed E-state index contributed by atoms with van der Waals surface area (Å²) < 4.78 is 24.5. The summed E-state index contributed by atoms with van der Waals surface area (Å²) in [4.78, 5) is 28.1. The van der Waals surface area contributed by atoms with Crippen LogP contribution in [0.5, 0.6) is 11.5 Å². The van der Waals surface area contributed by atoms with Crippen molar-refractivity contribution in [2.24, 2.45) is 0 Å². The number of carboxylic acids is 1. The molecule has 2 N–H and O–H groups in total. The molecule has 2 heterocycles. The number of morpholine rings is 1. The molecule has 1 unspecified atom stereocenters. The smallest absolute Gasteiger partial charge is 0.328 e. The van der Waals surface area contributed by atoms with Crippen molar-refractivity contribution < 1.29 is 33.4 Å². The maximum atomic E-state index is 13.5. The number of carboxylic acid groups (broad SMARTS) is 1. The summed E-state index contributed by atoms with van der Waals surface area (Å²) in [6.07, 6.45) is 0. The molecule has 1 aromatic heterocycles. The summed E-state index contributed by atoms with van der Waals surface area (Å²) >= 11 is 0. The Kier molecular flexibility index (Phi) is 11.4. The van der Waals surface area contributed by atoms with Crippen molar-refractivity contribution in [1.29, 1.82) is 0 Å². The van der Waals surface area contributed by atoms with Gasteiger partial charge >= 0.3 is 5.97 Å². The van der Waals surface area contributed by atoms with Gasteiger partial charge in [-0.15, -0.1) is 0 Å². The summed E-state index contributed by atoms with van der Waals surface area (Å²) in [6.45, 7) is 10.7. The lowest BCUT2D eigenvalue weighted by Gasteiger charge is -2.40. The fourth-order valence-electron chi connectivity index (χ4n) is 6.48. The van der Waals surface area contributed by atoms with Gasteiger partial charge in [0.25, 0.3) is 5.91 Å². The van der Waals surface area contributed by atoms with Gasteiger partial charge in [-0.25, -0.2) is 4.79 Å². The number of amides is 1. The predicted octanol–water partition coefficient (Wildman–Crippen LogP) is 7.67. The molecule has 1 aliphatic heterocycles. The Morgan fingerprint density at radius 2 is 1.48 bits per heavy atom. The normalized spacial score (nSPS) is 14.5. The lowest BCUT2D eigenvalue weighted by molar-refractivity contribution is -0.154. The highest BCUT2D eigenvalue weighted by Crippen LogP contribution is 2.45. The second-order valence-corrected chi connectivity index (χ2v) is 13.2. The van der Waals surface area contributed by atoms with Crippen LogP contribution in [-0.2, 0) is 28.3 Å². The minimum Gasteiger partial charge on any atom is -0.488 e. The van der Waals surface area contributed by atoms with Crippen molar-refractivity contribution in [3.8, 4) is 33.9 Å². The number of hydrogen-bond donors (Lipinski definition) is 2. The van der Waals surface area contributed by atoms with Gasteiger partial charge in [-0.2, -0.15) is 0 Å². The lowest BCUT2D eigenvalue weighted by Crippen LogP contribution is -2.54. The number of ether oxygens (including phenoxy) is 3. The quantitative estimate of drug-likeness (QED) is 0.120. The Labute approximate surface area is 304 Å². The molecular weight excluding hydrogens is 658 g/mol. The van der Waals surface area contributed by atoms with Crippen LogP contribution in [0.1, 0.15) is 66.4 Å². The largest absolute Gasteiger partial charge is 0.488 e. The molecule has 10 nitrogen and oxygen atoms in total. The van der Waals surface area contributed by atoms with Crippen LogP contribution < -0.4 is 14.8 Å². The van der Waals surface area contributed by atoms with Crippen LogP contribution in [0.25, 0.3) is 22.5 Å². The van der Waals surface area contributed by atoms with Gasteiger partial charge < -0.3 is 29.2 Å². The molecule has 6 rings (SSSR count). The van der Waals surface area contributed by atoms with E-state index in [0.717, 1.165) is 16.7 Å². The van der Waals surface area contributed by atoms with Gasteiger partial charge in [0.2, 0.25) is 0 Å². The molecule has 270 valence electrons. The van der Waals surface area contributed by atoms with E-state index in [1.165, 1.54) is 0 Å². The maximum absolute atomic E-state index is 13.5. The fraction of sp³-hybridized carbons (Fsp3) is 0.310. The number of aromatic nitrogens is 1. The van der Waals surface area contributed by atoms with Crippen LogP contribution in [0.15, 0.2) is 102 Å².